The summed E-state index contributed by atoms with van der Waals surface area (Å²) in [5.74, 6) is 0.535. The quantitative estimate of drug-likeness (QED) is 0.764. The molecule has 18 heavy (non-hydrogen) atoms. The molecular weight excluding hydrogens is 230 g/mol. The Morgan fingerprint density at radius 1 is 0.833 bits per heavy atom. The number of methoxy groups -OCH3 is 2. The highest BCUT2D eigenvalue weighted by Crippen LogP contribution is 2.31. The average molecular weight is 257 g/mol. The molecule has 2 aliphatic rings. The maximum Gasteiger partial charge on any atom is 0.159 e. The fourth-order valence-electron chi connectivity index (χ4n) is 3.18. The van der Waals surface area contributed by atoms with Crippen LogP contribution in [0.2, 0.25) is 0 Å². The van der Waals surface area contributed by atoms with Crippen molar-refractivity contribution >= 4 is 0 Å². The Morgan fingerprint density at radius 2 is 1.39 bits per heavy atom. The number of ether oxygens (including phenoxy) is 3. The minimum absolute atomic E-state index is 0.0372. The summed E-state index contributed by atoms with van der Waals surface area (Å²) in [6.07, 6.45) is 7.84. The van der Waals surface area contributed by atoms with E-state index in [1.807, 2.05) is 0 Å². The highest BCUT2D eigenvalue weighted by atomic mass is 16.7. The van der Waals surface area contributed by atoms with Gasteiger partial charge in [0.25, 0.3) is 0 Å². The van der Waals surface area contributed by atoms with Crippen LogP contribution in [0.5, 0.6) is 0 Å². The lowest BCUT2D eigenvalue weighted by Crippen LogP contribution is -2.37. The van der Waals surface area contributed by atoms with Gasteiger partial charge in [-0.3, -0.25) is 0 Å². The van der Waals surface area contributed by atoms with Crippen molar-refractivity contribution in [3.63, 3.8) is 0 Å². The van der Waals surface area contributed by atoms with E-state index < -0.39 is 0 Å². The summed E-state index contributed by atoms with van der Waals surface area (Å²) in [5, 5.41) is 3.38. The van der Waals surface area contributed by atoms with Gasteiger partial charge >= 0.3 is 0 Å². The lowest BCUT2D eigenvalue weighted by Gasteiger charge is -2.35. The molecular formula is C14H27NO3. The van der Waals surface area contributed by atoms with E-state index in [1.165, 1.54) is 12.8 Å². The van der Waals surface area contributed by atoms with Crippen LogP contribution in [0.25, 0.3) is 0 Å². The normalized spacial score (nSPS) is 30.8. The highest BCUT2D eigenvalue weighted by molar-refractivity contribution is 4.77. The highest BCUT2D eigenvalue weighted by Gasteiger charge is 2.29. The molecule has 0 unspecified atom stereocenters. The molecule has 1 aliphatic carbocycles. The monoisotopic (exact) mass is 257 g/mol. The molecule has 1 saturated heterocycles. The number of hydrogen-bond donors (Lipinski definition) is 1. The van der Waals surface area contributed by atoms with E-state index >= 15 is 0 Å². The van der Waals surface area contributed by atoms with Crippen LogP contribution in [0, 0.1) is 5.92 Å². The van der Waals surface area contributed by atoms with Crippen LogP contribution in [-0.2, 0) is 14.2 Å². The van der Waals surface area contributed by atoms with Gasteiger partial charge in [0.15, 0.2) is 6.29 Å². The number of hydrogen-bond acceptors (Lipinski definition) is 4. The van der Waals surface area contributed by atoms with Crippen LogP contribution in [-0.4, -0.2) is 45.8 Å². The third kappa shape index (κ3) is 3.92. The Bertz CT molecular complexity index is 219. The van der Waals surface area contributed by atoms with Gasteiger partial charge in [-0.1, -0.05) is 0 Å². The summed E-state index contributed by atoms with van der Waals surface area (Å²) in [6, 6.07) is 0. The lowest BCUT2D eigenvalue weighted by molar-refractivity contribution is -0.153. The van der Waals surface area contributed by atoms with Crippen molar-refractivity contribution in [3.05, 3.63) is 0 Å². The molecule has 0 bridgehead atoms. The molecule has 1 saturated carbocycles. The van der Waals surface area contributed by atoms with E-state index in [-0.39, 0.29) is 6.29 Å². The number of nitrogens with one attached hydrogen (secondary N) is 1. The number of piperidine rings is 1. The van der Waals surface area contributed by atoms with Gasteiger partial charge < -0.3 is 19.5 Å². The van der Waals surface area contributed by atoms with Crippen molar-refractivity contribution < 1.29 is 14.2 Å². The molecule has 4 nitrogen and oxygen atoms in total. The van der Waals surface area contributed by atoms with Crippen molar-refractivity contribution in [3.8, 4) is 0 Å². The van der Waals surface area contributed by atoms with Gasteiger partial charge in [-0.25, -0.2) is 0 Å². The molecule has 4 heteroatoms. The third-order valence-corrected chi connectivity index (χ3v) is 4.24. The van der Waals surface area contributed by atoms with Crippen molar-refractivity contribution in [2.45, 2.75) is 57.0 Å². The van der Waals surface area contributed by atoms with Gasteiger partial charge in [-0.05, 0) is 51.6 Å². The molecule has 1 aliphatic heterocycles. The topological polar surface area (TPSA) is 39.7 Å². The van der Waals surface area contributed by atoms with Gasteiger partial charge in [0.1, 0.15) is 0 Å². The molecule has 0 aromatic rings. The Labute approximate surface area is 110 Å². The zero-order valence-corrected chi connectivity index (χ0v) is 11.7. The van der Waals surface area contributed by atoms with Gasteiger partial charge in [0.05, 0.1) is 12.2 Å². The van der Waals surface area contributed by atoms with E-state index in [4.69, 9.17) is 14.2 Å². The largest absolute Gasteiger partial charge is 0.375 e. The second-order valence-corrected chi connectivity index (χ2v) is 5.46. The summed E-state index contributed by atoms with van der Waals surface area (Å²) in [7, 11) is 3.46. The van der Waals surface area contributed by atoms with Crippen molar-refractivity contribution in [2.75, 3.05) is 27.3 Å². The first kappa shape index (κ1) is 14.3. The molecule has 0 aromatic carbocycles. The molecule has 0 spiro atoms. The molecule has 2 rings (SSSR count). The maximum absolute atomic E-state index is 6.21. The molecule has 0 radical (unpaired) electrons. The number of rotatable bonds is 5. The van der Waals surface area contributed by atoms with E-state index in [2.05, 4.69) is 5.32 Å². The molecule has 2 fully saturated rings. The van der Waals surface area contributed by atoms with Crippen LogP contribution in [0.3, 0.4) is 0 Å². The third-order valence-electron chi connectivity index (χ3n) is 4.24. The molecule has 1 N–H and O–H groups in total. The molecule has 0 amide bonds. The van der Waals surface area contributed by atoms with Gasteiger partial charge in [0.2, 0.25) is 0 Å². The SMILES string of the molecule is COC(OC)C1CCC(OC2CCNCC2)CC1. The Morgan fingerprint density at radius 3 is 1.94 bits per heavy atom. The second kappa shape index (κ2) is 7.43. The summed E-state index contributed by atoms with van der Waals surface area (Å²) in [4.78, 5) is 0. The maximum atomic E-state index is 6.21. The van der Waals surface area contributed by atoms with Crippen molar-refractivity contribution in [1.29, 1.82) is 0 Å². The second-order valence-electron chi connectivity index (χ2n) is 5.46. The van der Waals surface area contributed by atoms with Gasteiger partial charge in [0, 0.05) is 20.1 Å². The minimum atomic E-state index is -0.0372. The van der Waals surface area contributed by atoms with Crippen LogP contribution in [0.1, 0.15) is 38.5 Å². The zero-order valence-electron chi connectivity index (χ0n) is 11.7. The zero-order chi connectivity index (χ0) is 12.8. The average Bonchev–Trinajstić information content (AvgIpc) is 2.43. The van der Waals surface area contributed by atoms with Gasteiger partial charge in [-0.15, -0.1) is 0 Å². The fourth-order valence-corrected chi connectivity index (χ4v) is 3.18. The van der Waals surface area contributed by atoms with E-state index in [0.717, 1.165) is 38.8 Å². The Balaban J connectivity index is 1.69. The first-order valence-corrected chi connectivity index (χ1v) is 7.25. The summed E-state index contributed by atoms with van der Waals surface area (Å²) < 4.78 is 16.9. The van der Waals surface area contributed by atoms with Crippen LogP contribution >= 0.6 is 0 Å². The summed E-state index contributed by atoms with van der Waals surface area (Å²) in [5.41, 5.74) is 0. The Kier molecular flexibility index (Phi) is 5.89. The van der Waals surface area contributed by atoms with Crippen LogP contribution in [0.15, 0.2) is 0 Å². The smallest absolute Gasteiger partial charge is 0.159 e. The van der Waals surface area contributed by atoms with Crippen molar-refractivity contribution in [2.24, 2.45) is 5.92 Å². The molecule has 106 valence electrons. The minimum Gasteiger partial charge on any atom is -0.375 e. The van der Waals surface area contributed by atoms with E-state index in [9.17, 15) is 0 Å². The van der Waals surface area contributed by atoms with Gasteiger partial charge in [-0.2, -0.15) is 0 Å². The van der Waals surface area contributed by atoms with Crippen LogP contribution < -0.4 is 5.32 Å². The van der Waals surface area contributed by atoms with Crippen molar-refractivity contribution in [1.82, 2.24) is 5.32 Å². The fraction of sp³-hybridized carbons (Fsp3) is 1.00. The molecule has 1 heterocycles. The summed E-state index contributed by atoms with van der Waals surface area (Å²) >= 11 is 0. The standard InChI is InChI=1S/C14H27NO3/c1-16-14(17-2)11-3-5-12(6-4-11)18-13-7-9-15-10-8-13/h11-15H,3-10H2,1-2H3. The lowest BCUT2D eigenvalue weighted by atomic mass is 9.86. The van der Waals surface area contributed by atoms with Crippen LogP contribution in [0.4, 0.5) is 0 Å². The predicted octanol–water partition coefficient (Wildman–Crippen LogP) is 1.93. The first-order valence-electron chi connectivity index (χ1n) is 7.25. The molecule has 0 aromatic heterocycles. The van der Waals surface area contributed by atoms with E-state index in [1.54, 1.807) is 14.2 Å². The summed E-state index contributed by atoms with van der Waals surface area (Å²) in [6.45, 7) is 2.21. The van der Waals surface area contributed by atoms with E-state index in [0.29, 0.717) is 18.1 Å². The predicted molar refractivity (Wildman–Crippen MR) is 70.5 cm³/mol. The first-order chi connectivity index (χ1) is 8.83. The Hall–Kier alpha value is -0.160. The molecule has 0 atom stereocenters.